The van der Waals surface area contributed by atoms with Gasteiger partial charge in [0, 0.05) is 63.6 Å². The van der Waals surface area contributed by atoms with Gasteiger partial charge in [-0.1, -0.05) is 23.7 Å². The SMILES string of the molecule is N#Cc1ccc(N2CCC(c3ccc(OCCCCN4CCN(c5cc(Cl)c6c(c5)CN(C5CCC(=O)NC5=O)C6=O)CC4)cc3)CC2)cc1C(F)(F)F. The Morgan fingerprint density at radius 2 is 1.59 bits per heavy atom. The van der Waals surface area contributed by atoms with Crippen LogP contribution in [0.15, 0.2) is 54.6 Å². The number of imide groups is 1. The van der Waals surface area contributed by atoms with Gasteiger partial charge in [0.05, 0.1) is 34.4 Å². The number of piperidine rings is 2. The summed E-state index contributed by atoms with van der Waals surface area (Å²) >= 11 is 6.63. The molecule has 14 heteroatoms. The zero-order chi connectivity index (χ0) is 38.0. The van der Waals surface area contributed by atoms with Gasteiger partial charge in [-0.05, 0) is 98.2 Å². The van der Waals surface area contributed by atoms with Gasteiger partial charge in [-0.15, -0.1) is 0 Å². The van der Waals surface area contributed by atoms with Gasteiger partial charge in [0.15, 0.2) is 0 Å². The van der Waals surface area contributed by atoms with E-state index in [2.05, 4.69) is 27.2 Å². The molecule has 4 heterocycles. The number of unbranched alkanes of at least 4 members (excludes halogenated alkanes) is 1. The van der Waals surface area contributed by atoms with Crippen molar-refractivity contribution >= 4 is 40.7 Å². The zero-order valence-corrected chi connectivity index (χ0v) is 30.6. The van der Waals surface area contributed by atoms with Crippen LogP contribution in [0.25, 0.3) is 0 Å². The number of piperazine rings is 1. The molecule has 0 spiro atoms. The first-order chi connectivity index (χ1) is 26.0. The summed E-state index contributed by atoms with van der Waals surface area (Å²) in [5.41, 5.74) is 2.65. The van der Waals surface area contributed by atoms with Crippen molar-refractivity contribution in [1.82, 2.24) is 15.1 Å². The van der Waals surface area contributed by atoms with Crippen molar-refractivity contribution in [3.63, 3.8) is 0 Å². The van der Waals surface area contributed by atoms with Gasteiger partial charge in [0.25, 0.3) is 5.91 Å². The maximum Gasteiger partial charge on any atom is 0.417 e. The molecule has 3 aromatic carbocycles. The molecule has 3 fully saturated rings. The molecule has 284 valence electrons. The average molecular weight is 763 g/mol. The molecule has 0 bridgehead atoms. The van der Waals surface area contributed by atoms with Crippen molar-refractivity contribution in [2.24, 2.45) is 0 Å². The van der Waals surface area contributed by atoms with E-state index in [0.29, 0.717) is 54.9 Å². The predicted octanol–water partition coefficient (Wildman–Crippen LogP) is 6.36. The lowest BCUT2D eigenvalue weighted by Crippen LogP contribution is -2.52. The van der Waals surface area contributed by atoms with Gasteiger partial charge >= 0.3 is 6.18 Å². The number of halogens is 4. The number of rotatable bonds is 10. The van der Waals surface area contributed by atoms with Crippen LogP contribution in [0.5, 0.6) is 5.75 Å². The number of nitrogens with zero attached hydrogens (tertiary/aromatic N) is 5. The summed E-state index contributed by atoms with van der Waals surface area (Å²) in [7, 11) is 0. The molecule has 1 N–H and O–H groups in total. The maximum atomic E-state index is 13.5. The lowest BCUT2D eigenvalue weighted by atomic mass is 9.89. The first-order valence-corrected chi connectivity index (χ1v) is 18.9. The van der Waals surface area contributed by atoms with Gasteiger partial charge in [-0.25, -0.2) is 0 Å². The Hall–Kier alpha value is -4.80. The number of alkyl halides is 3. The highest BCUT2D eigenvalue weighted by Crippen LogP contribution is 2.38. The Labute approximate surface area is 317 Å². The second-order valence-corrected chi connectivity index (χ2v) is 14.8. The number of carbonyl (C=O) groups is 3. The van der Waals surface area contributed by atoms with Crippen molar-refractivity contribution in [3.05, 3.63) is 87.4 Å². The summed E-state index contributed by atoms with van der Waals surface area (Å²) in [4.78, 5) is 45.4. The molecule has 0 saturated carbocycles. The summed E-state index contributed by atoms with van der Waals surface area (Å²) in [5, 5.41) is 11.8. The molecule has 1 atom stereocenters. The minimum absolute atomic E-state index is 0.206. The zero-order valence-electron chi connectivity index (χ0n) is 29.8. The van der Waals surface area contributed by atoms with Crippen molar-refractivity contribution in [2.45, 2.75) is 63.2 Å². The predicted molar refractivity (Wildman–Crippen MR) is 198 cm³/mol. The lowest BCUT2D eigenvalue weighted by Gasteiger charge is -2.36. The van der Waals surface area contributed by atoms with Crippen LogP contribution in [0.4, 0.5) is 24.5 Å². The number of carbonyl (C=O) groups excluding carboxylic acids is 3. The number of nitriles is 1. The van der Waals surface area contributed by atoms with Gasteiger partial charge < -0.3 is 19.4 Å². The third kappa shape index (κ3) is 8.15. The van der Waals surface area contributed by atoms with E-state index in [1.54, 1.807) is 12.1 Å². The number of benzene rings is 3. The van der Waals surface area contributed by atoms with Crippen LogP contribution in [0, 0.1) is 11.3 Å². The molecule has 3 amide bonds. The van der Waals surface area contributed by atoms with E-state index in [0.717, 1.165) is 81.5 Å². The molecule has 4 aliphatic heterocycles. The largest absolute Gasteiger partial charge is 0.494 e. The molecule has 10 nitrogen and oxygen atoms in total. The first-order valence-electron chi connectivity index (χ1n) is 18.5. The minimum atomic E-state index is -4.57. The Morgan fingerprint density at radius 3 is 2.28 bits per heavy atom. The average Bonchev–Trinajstić information content (AvgIpc) is 3.50. The van der Waals surface area contributed by atoms with Crippen LogP contribution in [0.3, 0.4) is 0 Å². The Balaban J connectivity index is 0.811. The van der Waals surface area contributed by atoms with Crippen LogP contribution < -0.4 is 19.9 Å². The molecule has 0 aromatic heterocycles. The number of hydrogen-bond donors (Lipinski definition) is 1. The Morgan fingerprint density at radius 1 is 0.870 bits per heavy atom. The fourth-order valence-corrected chi connectivity index (χ4v) is 8.36. The highest BCUT2D eigenvalue weighted by atomic mass is 35.5. The molecule has 54 heavy (non-hydrogen) atoms. The smallest absolute Gasteiger partial charge is 0.417 e. The topological polar surface area (TPSA) is 109 Å². The number of fused-ring (bicyclic) bond motifs is 1. The third-order valence-corrected chi connectivity index (χ3v) is 11.4. The molecule has 4 aliphatic rings. The van der Waals surface area contributed by atoms with E-state index in [1.165, 1.54) is 16.5 Å². The van der Waals surface area contributed by atoms with Crippen molar-refractivity contribution in [1.29, 1.82) is 5.26 Å². The molecular weight excluding hydrogens is 721 g/mol. The second-order valence-electron chi connectivity index (χ2n) is 14.4. The van der Waals surface area contributed by atoms with Crippen molar-refractivity contribution in [2.75, 3.05) is 62.2 Å². The molecule has 3 saturated heterocycles. The van der Waals surface area contributed by atoms with Gasteiger partial charge in [0.1, 0.15) is 11.8 Å². The third-order valence-electron chi connectivity index (χ3n) is 11.1. The van der Waals surface area contributed by atoms with E-state index in [-0.39, 0.29) is 23.8 Å². The molecule has 7 rings (SSSR count). The minimum Gasteiger partial charge on any atom is -0.494 e. The molecular formula is C40H42ClF3N6O4. The maximum absolute atomic E-state index is 13.5. The van der Waals surface area contributed by atoms with E-state index in [4.69, 9.17) is 21.6 Å². The molecule has 1 unspecified atom stereocenters. The fourth-order valence-electron chi connectivity index (χ4n) is 8.05. The van der Waals surface area contributed by atoms with Crippen LogP contribution in [-0.2, 0) is 22.3 Å². The van der Waals surface area contributed by atoms with Crippen LogP contribution in [-0.4, -0.2) is 86.0 Å². The summed E-state index contributed by atoms with van der Waals surface area (Å²) in [6.45, 7) is 6.61. The van der Waals surface area contributed by atoms with Crippen molar-refractivity contribution in [3.8, 4) is 11.8 Å². The van der Waals surface area contributed by atoms with E-state index in [9.17, 15) is 27.6 Å². The van der Waals surface area contributed by atoms with Crippen LogP contribution in [0.1, 0.15) is 77.1 Å². The van der Waals surface area contributed by atoms with Gasteiger partial charge in [-0.2, -0.15) is 18.4 Å². The number of hydrogen-bond acceptors (Lipinski definition) is 8. The van der Waals surface area contributed by atoms with E-state index >= 15 is 0 Å². The number of ether oxygens (including phenoxy) is 1. The van der Waals surface area contributed by atoms with E-state index in [1.807, 2.05) is 29.2 Å². The summed E-state index contributed by atoms with van der Waals surface area (Å²) in [6, 6.07) is 16.9. The Kier molecular flexibility index (Phi) is 11.0. The normalized spacial score (nSPS) is 19.9. The summed E-state index contributed by atoms with van der Waals surface area (Å²) in [6.07, 6.45) is -0.483. The fraction of sp³-hybridized carbons (Fsp3) is 0.450. The summed E-state index contributed by atoms with van der Waals surface area (Å²) < 4.78 is 46.4. The van der Waals surface area contributed by atoms with Crippen LogP contribution in [0.2, 0.25) is 5.02 Å². The standard InChI is InChI=1S/C40H42ClF3N6O4/c41-34-23-31(21-29-25-50(39(53)37(29)34)35-9-10-36(51)46-38(35)52)49-18-16-47(17-19-49)13-1-2-20-54-32-7-4-26(5-8-32)27-11-14-48(15-12-27)30-6-3-28(24-45)33(22-30)40(42,43)44/h3-8,21-23,27,35H,1-2,9-20,25H2,(H,46,51,52). The number of nitrogens with one attached hydrogen (secondary N) is 1. The highest BCUT2D eigenvalue weighted by molar-refractivity contribution is 6.34. The van der Waals surface area contributed by atoms with Crippen molar-refractivity contribution < 1.29 is 32.3 Å². The van der Waals surface area contributed by atoms with E-state index < -0.39 is 23.7 Å². The van der Waals surface area contributed by atoms with Gasteiger partial charge in [-0.3, -0.25) is 24.6 Å². The van der Waals surface area contributed by atoms with Crippen LogP contribution >= 0.6 is 11.6 Å². The second kappa shape index (κ2) is 15.9. The van der Waals surface area contributed by atoms with Gasteiger partial charge in [0.2, 0.25) is 11.8 Å². The molecule has 3 aromatic rings. The summed E-state index contributed by atoms with van der Waals surface area (Å²) in [5.74, 6) is 0.110. The first kappa shape index (κ1) is 37.5. The Bertz CT molecular complexity index is 1940. The molecule has 0 radical (unpaired) electrons. The highest BCUT2D eigenvalue weighted by Gasteiger charge is 2.40. The molecule has 0 aliphatic carbocycles. The number of anilines is 2. The monoisotopic (exact) mass is 762 g/mol. The quantitative estimate of drug-likeness (QED) is 0.188. The lowest BCUT2D eigenvalue weighted by molar-refractivity contribution is -0.138. The number of amides is 3.